The van der Waals surface area contributed by atoms with Gasteiger partial charge in [-0.15, -0.1) is 11.3 Å². The molecular weight excluding hydrogens is 320 g/mol. The van der Waals surface area contributed by atoms with E-state index in [0.717, 1.165) is 12.5 Å². The first-order chi connectivity index (χ1) is 8.90. The van der Waals surface area contributed by atoms with E-state index in [0.29, 0.717) is 11.3 Å². The van der Waals surface area contributed by atoms with E-state index in [2.05, 4.69) is 19.4 Å². The second kappa shape index (κ2) is 5.21. The molecule has 9 nitrogen and oxygen atoms in total. The molecule has 0 unspecified atom stereocenters. The largest absolute Gasteiger partial charge is 0.343 e. The number of nitro groups is 1. The van der Waals surface area contributed by atoms with Crippen molar-refractivity contribution < 1.29 is 17.9 Å². The predicted molar refractivity (Wildman–Crippen MR) is 64.3 cm³/mol. The van der Waals surface area contributed by atoms with Crippen LogP contribution >= 0.6 is 22.9 Å². The SMILES string of the molecule is O=[N+]([O-])c1cc(S(=O)(=O)NCc2ncon2)sc1Cl. The minimum atomic E-state index is -3.91. The highest BCUT2D eigenvalue weighted by atomic mass is 35.5. The van der Waals surface area contributed by atoms with Crippen molar-refractivity contribution in [2.45, 2.75) is 10.8 Å². The molecule has 2 aromatic heterocycles. The van der Waals surface area contributed by atoms with E-state index in [1.165, 1.54) is 0 Å². The summed E-state index contributed by atoms with van der Waals surface area (Å²) < 4.78 is 29.8. The molecule has 19 heavy (non-hydrogen) atoms. The molecule has 2 rings (SSSR count). The highest BCUT2D eigenvalue weighted by Crippen LogP contribution is 2.36. The van der Waals surface area contributed by atoms with Crippen LogP contribution < -0.4 is 4.72 Å². The number of halogens is 1. The van der Waals surface area contributed by atoms with Crippen molar-refractivity contribution in [2.75, 3.05) is 0 Å². The highest BCUT2D eigenvalue weighted by Gasteiger charge is 2.25. The normalized spacial score (nSPS) is 11.6. The van der Waals surface area contributed by atoms with Crippen molar-refractivity contribution in [3.8, 4) is 0 Å². The Kier molecular flexibility index (Phi) is 3.80. The Balaban J connectivity index is 2.20. The zero-order valence-electron chi connectivity index (χ0n) is 8.94. The van der Waals surface area contributed by atoms with Crippen LogP contribution in [0, 0.1) is 10.1 Å². The van der Waals surface area contributed by atoms with E-state index in [1.54, 1.807) is 0 Å². The topological polar surface area (TPSA) is 128 Å². The lowest BCUT2D eigenvalue weighted by Gasteiger charge is -2.00. The summed E-state index contributed by atoms with van der Waals surface area (Å²) in [6, 6.07) is 0.894. The molecule has 0 atom stereocenters. The Morgan fingerprint density at radius 3 is 2.84 bits per heavy atom. The lowest BCUT2D eigenvalue weighted by Crippen LogP contribution is -2.22. The average molecular weight is 325 g/mol. The smallest absolute Gasteiger partial charge is 0.300 e. The van der Waals surface area contributed by atoms with Crippen LogP contribution in [-0.4, -0.2) is 23.5 Å². The van der Waals surface area contributed by atoms with E-state index in [4.69, 9.17) is 11.6 Å². The van der Waals surface area contributed by atoms with Crippen molar-refractivity contribution in [3.63, 3.8) is 0 Å². The van der Waals surface area contributed by atoms with Gasteiger partial charge in [-0.2, -0.15) is 4.98 Å². The summed E-state index contributed by atoms with van der Waals surface area (Å²) in [5.74, 6) is 0.140. The number of nitrogens with zero attached hydrogens (tertiary/aromatic N) is 3. The standard InChI is InChI=1S/C7H5ClN4O5S2/c8-7-4(12(13)14)1-6(18-7)19(15,16)10-2-5-9-3-17-11-5/h1,3,10H,2H2. The first-order valence-electron chi connectivity index (χ1n) is 4.59. The third-order valence-electron chi connectivity index (χ3n) is 1.93. The van der Waals surface area contributed by atoms with Gasteiger partial charge in [0.2, 0.25) is 6.39 Å². The zero-order valence-corrected chi connectivity index (χ0v) is 11.3. The van der Waals surface area contributed by atoms with Gasteiger partial charge in [-0.3, -0.25) is 10.1 Å². The Hall–Kier alpha value is -1.56. The quantitative estimate of drug-likeness (QED) is 0.645. The molecule has 2 heterocycles. The maximum absolute atomic E-state index is 11.8. The summed E-state index contributed by atoms with van der Waals surface area (Å²) in [5, 5.41) is 14.0. The maximum atomic E-state index is 11.8. The fourth-order valence-electron chi connectivity index (χ4n) is 1.10. The van der Waals surface area contributed by atoms with Gasteiger partial charge in [-0.05, 0) is 0 Å². The van der Waals surface area contributed by atoms with E-state index in [9.17, 15) is 18.5 Å². The first-order valence-corrected chi connectivity index (χ1v) is 7.26. The molecule has 0 aliphatic carbocycles. The molecule has 102 valence electrons. The minimum Gasteiger partial charge on any atom is -0.343 e. The molecule has 0 saturated carbocycles. The zero-order chi connectivity index (χ0) is 14.0. The number of aromatic nitrogens is 2. The molecule has 12 heteroatoms. The number of sulfonamides is 1. The third kappa shape index (κ3) is 3.07. The molecular formula is C7H5ClN4O5S2. The minimum absolute atomic E-state index is 0.140. The molecule has 0 aromatic carbocycles. The fourth-order valence-corrected chi connectivity index (χ4v) is 3.79. The van der Waals surface area contributed by atoms with Gasteiger partial charge in [0.05, 0.1) is 11.5 Å². The van der Waals surface area contributed by atoms with Crippen LogP contribution in [0.5, 0.6) is 0 Å². The Labute approximate surface area is 115 Å². The van der Waals surface area contributed by atoms with Gasteiger partial charge < -0.3 is 4.52 Å². The number of hydrogen-bond donors (Lipinski definition) is 1. The molecule has 0 aliphatic heterocycles. The number of rotatable bonds is 5. The summed E-state index contributed by atoms with van der Waals surface area (Å²) in [5.41, 5.74) is -0.452. The van der Waals surface area contributed by atoms with Crippen LogP contribution in [0.25, 0.3) is 0 Å². The third-order valence-corrected chi connectivity index (χ3v) is 5.15. The van der Waals surface area contributed by atoms with Gasteiger partial charge in [0, 0.05) is 6.07 Å². The summed E-state index contributed by atoms with van der Waals surface area (Å²) >= 11 is 6.19. The molecule has 0 aliphatic rings. The van der Waals surface area contributed by atoms with Crippen molar-refractivity contribution in [1.82, 2.24) is 14.9 Å². The second-order valence-electron chi connectivity index (χ2n) is 3.15. The van der Waals surface area contributed by atoms with Crippen molar-refractivity contribution >= 4 is 38.6 Å². The van der Waals surface area contributed by atoms with Gasteiger partial charge in [0.25, 0.3) is 15.7 Å². The molecule has 0 amide bonds. The second-order valence-corrected chi connectivity index (χ2v) is 6.80. The molecule has 2 aromatic rings. The Bertz CT molecular complexity index is 695. The summed E-state index contributed by atoms with van der Waals surface area (Å²) in [4.78, 5) is 13.5. The van der Waals surface area contributed by atoms with Crippen molar-refractivity contribution in [3.05, 3.63) is 32.7 Å². The lowest BCUT2D eigenvalue weighted by atomic mass is 10.6. The van der Waals surface area contributed by atoms with Crippen LogP contribution in [-0.2, 0) is 16.6 Å². The summed E-state index contributed by atoms with van der Waals surface area (Å²) in [6.45, 7) is -0.192. The first kappa shape index (κ1) is 13.9. The van der Waals surface area contributed by atoms with Gasteiger partial charge in [0.15, 0.2) is 10.2 Å². The number of thiophene rings is 1. The van der Waals surface area contributed by atoms with Crippen LogP contribution in [0.15, 0.2) is 21.2 Å². The monoisotopic (exact) mass is 324 g/mol. The van der Waals surface area contributed by atoms with Gasteiger partial charge in [-0.25, -0.2) is 13.1 Å². The van der Waals surface area contributed by atoms with Gasteiger partial charge in [0.1, 0.15) is 4.21 Å². The molecule has 0 fully saturated rings. The molecule has 0 saturated heterocycles. The van der Waals surface area contributed by atoms with Crippen LogP contribution in [0.2, 0.25) is 4.34 Å². The van der Waals surface area contributed by atoms with Gasteiger partial charge >= 0.3 is 0 Å². The highest BCUT2D eigenvalue weighted by molar-refractivity contribution is 7.91. The van der Waals surface area contributed by atoms with Gasteiger partial charge in [-0.1, -0.05) is 16.8 Å². The van der Waals surface area contributed by atoms with Crippen molar-refractivity contribution in [1.29, 1.82) is 0 Å². The van der Waals surface area contributed by atoms with Crippen molar-refractivity contribution in [2.24, 2.45) is 0 Å². The average Bonchev–Trinajstić information content (AvgIpc) is 2.95. The number of hydrogen-bond acceptors (Lipinski definition) is 8. The van der Waals surface area contributed by atoms with E-state index in [1.807, 2.05) is 0 Å². The Morgan fingerprint density at radius 2 is 2.32 bits per heavy atom. The Morgan fingerprint density at radius 1 is 1.58 bits per heavy atom. The lowest BCUT2D eigenvalue weighted by molar-refractivity contribution is -0.384. The van der Waals surface area contributed by atoms with E-state index in [-0.39, 0.29) is 20.9 Å². The fraction of sp³-hybridized carbons (Fsp3) is 0.143. The molecule has 0 radical (unpaired) electrons. The van der Waals surface area contributed by atoms with Crippen LogP contribution in [0.1, 0.15) is 5.82 Å². The molecule has 0 bridgehead atoms. The summed E-state index contributed by atoms with van der Waals surface area (Å²) in [6.07, 6.45) is 1.05. The number of nitrogens with one attached hydrogen (secondary N) is 1. The van der Waals surface area contributed by atoms with E-state index >= 15 is 0 Å². The van der Waals surface area contributed by atoms with Crippen LogP contribution in [0.3, 0.4) is 0 Å². The maximum Gasteiger partial charge on any atom is 0.300 e. The molecule has 0 spiro atoms. The van der Waals surface area contributed by atoms with E-state index < -0.39 is 20.6 Å². The summed E-state index contributed by atoms with van der Waals surface area (Å²) in [7, 11) is -3.91. The van der Waals surface area contributed by atoms with Crippen LogP contribution in [0.4, 0.5) is 5.69 Å². The molecule has 1 N–H and O–H groups in total. The predicted octanol–water partition coefficient (Wildman–Crippen LogP) is 1.17.